The molecule has 10 rings (SSSR count). The van der Waals surface area contributed by atoms with Crippen LogP contribution in [0.4, 0.5) is 0 Å². The van der Waals surface area contributed by atoms with Crippen LogP contribution in [0.25, 0.3) is 28.2 Å². The van der Waals surface area contributed by atoms with Gasteiger partial charge in [0.25, 0.3) is 0 Å². The second-order valence-corrected chi connectivity index (χ2v) is 17.2. The fourth-order valence-electron chi connectivity index (χ4n) is 11.7. The highest BCUT2D eigenvalue weighted by Crippen LogP contribution is 2.49. The quantitative estimate of drug-likeness (QED) is 0.287. The summed E-state index contributed by atoms with van der Waals surface area (Å²) >= 11 is 0. The molecule has 1 fully saturated rings. The highest BCUT2D eigenvalue weighted by Gasteiger charge is 2.49. The van der Waals surface area contributed by atoms with Gasteiger partial charge in [-0.05, 0) is 131 Å². The molecule has 0 spiro atoms. The maximum atomic E-state index is 2.97. The summed E-state index contributed by atoms with van der Waals surface area (Å²) in [6, 6.07) is 8.77. The summed E-state index contributed by atoms with van der Waals surface area (Å²) in [5.74, 6) is 3.12. The SMILES string of the molecule is CC1C=CCC(C2=CC(N3C4C=CC=CC4C4C=C(c5ccc6c(c5)c5c(n6C6=CCCCC6)CCC=C5)C=CC43)CC(C3=CCCCC3)C2)C1. The summed E-state index contributed by atoms with van der Waals surface area (Å²) < 4.78 is 2.64. The molecule has 1 aromatic heterocycles. The van der Waals surface area contributed by atoms with Crippen LogP contribution >= 0.6 is 0 Å². The minimum absolute atomic E-state index is 0.432. The number of hydrogen-bond donors (Lipinski definition) is 0. The first-order valence-corrected chi connectivity index (χ1v) is 20.8. The van der Waals surface area contributed by atoms with Crippen molar-refractivity contribution in [1.82, 2.24) is 9.47 Å². The molecule has 0 bridgehead atoms. The van der Waals surface area contributed by atoms with E-state index in [1.54, 1.807) is 11.1 Å². The van der Waals surface area contributed by atoms with Crippen LogP contribution in [-0.2, 0) is 6.42 Å². The predicted molar refractivity (Wildman–Crippen MR) is 216 cm³/mol. The normalized spacial score (nSPS) is 34.5. The average Bonchev–Trinajstić information content (AvgIpc) is 3.71. The Morgan fingerprint density at radius 3 is 2.45 bits per heavy atom. The van der Waals surface area contributed by atoms with E-state index >= 15 is 0 Å². The van der Waals surface area contributed by atoms with Gasteiger partial charge in [0.1, 0.15) is 0 Å². The third-order valence-electron chi connectivity index (χ3n) is 14.1. The maximum absolute atomic E-state index is 2.97. The highest BCUT2D eigenvalue weighted by molar-refractivity contribution is 5.97. The van der Waals surface area contributed by atoms with Crippen LogP contribution in [0, 0.1) is 29.6 Å². The molecule has 8 aliphatic rings. The van der Waals surface area contributed by atoms with Crippen LogP contribution < -0.4 is 0 Å². The lowest BCUT2D eigenvalue weighted by molar-refractivity contribution is 0.163. The van der Waals surface area contributed by atoms with Crippen LogP contribution in [0.5, 0.6) is 0 Å². The van der Waals surface area contributed by atoms with Crippen molar-refractivity contribution in [1.29, 1.82) is 0 Å². The molecule has 51 heavy (non-hydrogen) atoms. The van der Waals surface area contributed by atoms with Gasteiger partial charge < -0.3 is 4.57 Å². The van der Waals surface area contributed by atoms with E-state index in [2.05, 4.69) is 120 Å². The molecule has 2 heteroatoms. The molecule has 0 radical (unpaired) electrons. The number of aromatic nitrogens is 1. The van der Waals surface area contributed by atoms with Gasteiger partial charge >= 0.3 is 0 Å². The van der Waals surface area contributed by atoms with Crippen LogP contribution in [0.15, 0.2) is 108 Å². The summed E-state index contributed by atoms with van der Waals surface area (Å²) in [6.45, 7) is 2.42. The number of nitrogens with zero attached hydrogens (tertiary/aromatic N) is 2. The van der Waals surface area contributed by atoms with Gasteiger partial charge in [0.05, 0.1) is 5.52 Å². The van der Waals surface area contributed by atoms with Gasteiger partial charge in [-0.3, -0.25) is 4.90 Å². The number of rotatable bonds is 5. The molecule has 0 N–H and O–H groups in total. The van der Waals surface area contributed by atoms with E-state index in [1.807, 2.05) is 0 Å². The lowest BCUT2D eigenvalue weighted by Gasteiger charge is -2.43. The fourth-order valence-corrected chi connectivity index (χ4v) is 11.7. The van der Waals surface area contributed by atoms with Crippen molar-refractivity contribution in [3.63, 3.8) is 0 Å². The molecule has 2 aromatic rings. The monoisotopic (exact) mass is 672 g/mol. The molecule has 8 unspecified atom stereocenters. The van der Waals surface area contributed by atoms with Crippen molar-refractivity contribution in [3.8, 4) is 0 Å². The van der Waals surface area contributed by atoms with Crippen molar-refractivity contribution in [3.05, 3.63) is 125 Å². The van der Waals surface area contributed by atoms with Gasteiger partial charge in [-0.2, -0.15) is 0 Å². The molecule has 1 saturated heterocycles. The fraction of sp³-hybridized carbons (Fsp3) is 0.469. The second kappa shape index (κ2) is 13.4. The lowest BCUT2D eigenvalue weighted by atomic mass is 9.71. The Morgan fingerprint density at radius 1 is 0.706 bits per heavy atom. The lowest BCUT2D eigenvalue weighted by Crippen LogP contribution is -2.46. The Labute approximate surface area is 306 Å². The predicted octanol–water partition coefficient (Wildman–Crippen LogP) is 12.2. The van der Waals surface area contributed by atoms with Gasteiger partial charge in [0.15, 0.2) is 0 Å². The first-order chi connectivity index (χ1) is 25.2. The van der Waals surface area contributed by atoms with E-state index in [0.717, 1.165) is 12.8 Å². The van der Waals surface area contributed by atoms with Crippen molar-refractivity contribution in [2.24, 2.45) is 29.6 Å². The van der Waals surface area contributed by atoms with Crippen LogP contribution in [0.2, 0.25) is 0 Å². The molecule has 2 nitrogen and oxygen atoms in total. The van der Waals surface area contributed by atoms with E-state index in [9.17, 15) is 0 Å². The zero-order chi connectivity index (χ0) is 33.9. The molecule has 7 aliphatic carbocycles. The second-order valence-electron chi connectivity index (χ2n) is 17.2. The van der Waals surface area contributed by atoms with E-state index in [4.69, 9.17) is 0 Å². The topological polar surface area (TPSA) is 8.17 Å². The largest absolute Gasteiger partial charge is 0.317 e. The Kier molecular flexibility index (Phi) is 8.43. The Balaban J connectivity index is 1.00. The van der Waals surface area contributed by atoms with Gasteiger partial charge in [0, 0.05) is 52.3 Å². The van der Waals surface area contributed by atoms with Crippen LogP contribution in [0.3, 0.4) is 0 Å². The van der Waals surface area contributed by atoms with Gasteiger partial charge in [-0.25, -0.2) is 0 Å². The highest BCUT2D eigenvalue weighted by atomic mass is 15.2. The summed E-state index contributed by atoms with van der Waals surface area (Å²) in [4.78, 5) is 2.97. The molecule has 1 aliphatic heterocycles. The number of allylic oxidation sites excluding steroid dienone is 12. The first-order valence-electron chi connectivity index (χ1n) is 20.8. The molecule has 0 amide bonds. The van der Waals surface area contributed by atoms with E-state index in [-0.39, 0.29) is 0 Å². The Morgan fingerprint density at radius 2 is 1.59 bits per heavy atom. The minimum atomic E-state index is 0.432. The number of likely N-dealkylation sites (tertiary alicyclic amines) is 1. The number of benzene rings is 1. The smallest absolute Gasteiger partial charge is 0.0534 e. The minimum Gasteiger partial charge on any atom is -0.317 e. The zero-order valence-electron chi connectivity index (χ0n) is 30.7. The molecule has 1 aromatic carbocycles. The molecule has 2 heterocycles. The van der Waals surface area contributed by atoms with E-state index in [1.165, 1.54) is 116 Å². The van der Waals surface area contributed by atoms with E-state index in [0.29, 0.717) is 47.7 Å². The Hall–Kier alpha value is -3.62. The Bertz CT molecular complexity index is 1980. The van der Waals surface area contributed by atoms with E-state index < -0.39 is 0 Å². The number of hydrogen-bond acceptors (Lipinski definition) is 1. The summed E-state index contributed by atoms with van der Waals surface area (Å²) in [5.41, 5.74) is 12.3. The number of fused-ring (bicyclic) bond motifs is 6. The van der Waals surface area contributed by atoms with Crippen LogP contribution in [-0.4, -0.2) is 27.6 Å². The molecule has 0 saturated carbocycles. The van der Waals surface area contributed by atoms with Gasteiger partial charge in [0.2, 0.25) is 0 Å². The van der Waals surface area contributed by atoms with Crippen LogP contribution in [0.1, 0.15) is 107 Å². The molecule has 262 valence electrons. The summed E-state index contributed by atoms with van der Waals surface area (Å²) in [7, 11) is 0. The molecular weight excluding hydrogens is 617 g/mol. The third-order valence-corrected chi connectivity index (χ3v) is 14.1. The first kappa shape index (κ1) is 32.1. The van der Waals surface area contributed by atoms with Gasteiger partial charge in [-0.15, -0.1) is 0 Å². The summed E-state index contributed by atoms with van der Waals surface area (Å²) in [6.07, 6.45) is 53.1. The molecule has 8 atom stereocenters. The molecular formula is C49H56N2. The standard InChI is InChI=1S/C49H56N2/c1-33-13-12-16-35(27-33)39-28-38(34-14-4-2-5-15-34)29-41(30-39)51-47-22-11-9-20-43(47)45-32-37(24-26-49(45)51)36-23-25-48-44(31-36)42-19-8-10-21-46(42)50(48)40-17-6-3-7-18-40/h8-9,11-14,17,19-20,22-26,30-33,35,38,41,43,45,47,49H,2-7,10,15-16,18,21,27-29H2,1H3. The summed E-state index contributed by atoms with van der Waals surface area (Å²) in [5, 5.41) is 1.43. The third kappa shape index (κ3) is 5.72. The van der Waals surface area contributed by atoms with Gasteiger partial charge in [-0.1, -0.05) is 109 Å². The zero-order valence-corrected chi connectivity index (χ0v) is 30.7. The van der Waals surface area contributed by atoms with Crippen molar-refractivity contribution in [2.75, 3.05) is 0 Å². The average molecular weight is 673 g/mol. The van der Waals surface area contributed by atoms with Crippen molar-refractivity contribution >= 4 is 28.2 Å². The van der Waals surface area contributed by atoms with Crippen molar-refractivity contribution in [2.45, 2.75) is 115 Å². The van der Waals surface area contributed by atoms with Crippen molar-refractivity contribution < 1.29 is 0 Å². The maximum Gasteiger partial charge on any atom is 0.0534 e.